The number of nitrogens with one attached hydrogen (secondary N) is 1. The molecule has 1 aliphatic carbocycles. The molecule has 6 bridgehead atoms. The standard InChI is InChI=1S/C31H39N5O4S/c1-33-13-14-34-15-17-35(18-16-34)41(38,39)32-31(37)23-11-12-25-27(19-23)36-20-24(33)21-40-28-10-6-5-9-26(28)30(36)29(25)22-7-3-2-4-8-22/h5-6,9-12,19,22,24H,2-4,7-8,13-18,20-21H2,1H3,(H,32,37)/t24-/m1/s1. The van der Waals surface area contributed by atoms with Crippen LogP contribution in [0.25, 0.3) is 22.2 Å². The third kappa shape index (κ3) is 4.94. The SMILES string of the molecule is CN1CCN2CCN(CC2)S(=O)(=O)NC(=O)c2ccc3c(C4CCCCC4)c4n(c3c2)C[C@@H]1COc1ccccc1-4. The highest BCUT2D eigenvalue weighted by atomic mass is 32.2. The zero-order valence-electron chi connectivity index (χ0n) is 23.7. The molecule has 1 aromatic heterocycles. The summed E-state index contributed by atoms with van der Waals surface area (Å²) in [6.07, 6.45) is 5.98. The Morgan fingerprint density at radius 3 is 2.49 bits per heavy atom. The van der Waals surface area contributed by atoms with Crippen LogP contribution in [-0.2, 0) is 16.8 Å². The van der Waals surface area contributed by atoms with Crippen LogP contribution in [0.15, 0.2) is 42.5 Å². The van der Waals surface area contributed by atoms with Crippen LogP contribution in [0.2, 0.25) is 0 Å². The van der Waals surface area contributed by atoms with Crippen molar-refractivity contribution < 1.29 is 17.9 Å². The van der Waals surface area contributed by atoms with Gasteiger partial charge >= 0.3 is 10.2 Å². The van der Waals surface area contributed by atoms with Crippen LogP contribution in [0.4, 0.5) is 0 Å². The summed E-state index contributed by atoms with van der Waals surface area (Å²) in [7, 11) is -1.77. The lowest BCUT2D eigenvalue weighted by Gasteiger charge is -2.36. The third-order valence-electron chi connectivity index (χ3n) is 9.63. The second-order valence-electron chi connectivity index (χ2n) is 12.1. The van der Waals surface area contributed by atoms with Gasteiger partial charge in [0.1, 0.15) is 12.4 Å². The maximum Gasteiger partial charge on any atom is 0.304 e. The fourth-order valence-electron chi connectivity index (χ4n) is 7.22. The summed E-state index contributed by atoms with van der Waals surface area (Å²) in [5.41, 5.74) is 4.95. The van der Waals surface area contributed by atoms with Gasteiger partial charge in [-0.25, -0.2) is 4.72 Å². The number of para-hydroxylation sites is 1. The second kappa shape index (κ2) is 10.7. The minimum Gasteiger partial charge on any atom is -0.491 e. The number of carbonyl (C=O) groups excluding carboxylic acids is 1. The number of likely N-dealkylation sites (N-methyl/N-ethyl adjacent to an activating group) is 1. The first-order valence-electron chi connectivity index (χ1n) is 15.0. The van der Waals surface area contributed by atoms with E-state index < -0.39 is 16.1 Å². The second-order valence-corrected chi connectivity index (χ2v) is 13.7. The predicted octanol–water partition coefficient (Wildman–Crippen LogP) is 3.65. The van der Waals surface area contributed by atoms with Gasteiger partial charge in [0.05, 0.1) is 11.7 Å². The summed E-state index contributed by atoms with van der Waals surface area (Å²) in [6.45, 7) is 5.00. The Labute approximate surface area is 242 Å². The Balaban J connectivity index is 1.44. The van der Waals surface area contributed by atoms with Crippen molar-refractivity contribution in [2.75, 3.05) is 52.9 Å². The first-order valence-corrected chi connectivity index (χ1v) is 16.5. The van der Waals surface area contributed by atoms with Gasteiger partial charge < -0.3 is 9.30 Å². The Hall–Kier alpha value is -2.92. The summed E-state index contributed by atoms with van der Waals surface area (Å²) in [5.74, 6) is 0.734. The lowest BCUT2D eigenvalue weighted by atomic mass is 9.81. The number of ether oxygens (including phenoxy) is 1. The summed E-state index contributed by atoms with van der Waals surface area (Å²) in [4.78, 5) is 18.1. The van der Waals surface area contributed by atoms with Gasteiger partial charge in [-0.05, 0) is 55.6 Å². The number of rotatable bonds is 1. The molecular weight excluding hydrogens is 538 g/mol. The lowest BCUT2D eigenvalue weighted by molar-refractivity contribution is 0.0974. The Bertz CT molecular complexity index is 1570. The number of amides is 1. The van der Waals surface area contributed by atoms with Gasteiger partial charge in [0.25, 0.3) is 5.91 Å². The highest BCUT2D eigenvalue weighted by molar-refractivity contribution is 7.87. The zero-order chi connectivity index (χ0) is 28.1. The van der Waals surface area contributed by atoms with E-state index in [2.05, 4.69) is 44.3 Å². The number of carbonyl (C=O) groups is 1. The maximum absolute atomic E-state index is 13.4. The monoisotopic (exact) mass is 577 g/mol. The smallest absolute Gasteiger partial charge is 0.304 e. The molecule has 2 fully saturated rings. The first kappa shape index (κ1) is 26.9. The number of fused-ring (bicyclic) bond motifs is 8. The molecule has 1 saturated carbocycles. The van der Waals surface area contributed by atoms with Crippen molar-refractivity contribution in [3.8, 4) is 17.0 Å². The molecule has 10 heteroatoms. The first-order chi connectivity index (χ1) is 19.9. The molecule has 9 nitrogen and oxygen atoms in total. The van der Waals surface area contributed by atoms with Gasteiger partial charge in [0, 0.05) is 67.8 Å². The maximum atomic E-state index is 13.4. The number of piperazine rings is 1. The zero-order valence-corrected chi connectivity index (χ0v) is 24.5. The van der Waals surface area contributed by atoms with Crippen molar-refractivity contribution in [3.63, 3.8) is 0 Å². The van der Waals surface area contributed by atoms with E-state index in [4.69, 9.17) is 4.74 Å². The van der Waals surface area contributed by atoms with Crippen LogP contribution in [0.1, 0.15) is 53.9 Å². The summed E-state index contributed by atoms with van der Waals surface area (Å²) >= 11 is 0. The fourth-order valence-corrected chi connectivity index (χ4v) is 8.35. The van der Waals surface area contributed by atoms with Crippen molar-refractivity contribution in [1.29, 1.82) is 0 Å². The normalized spacial score (nSPS) is 27.2. The predicted molar refractivity (Wildman–Crippen MR) is 160 cm³/mol. The van der Waals surface area contributed by atoms with Crippen LogP contribution < -0.4 is 9.46 Å². The highest BCUT2D eigenvalue weighted by Gasteiger charge is 2.33. The average molecular weight is 578 g/mol. The van der Waals surface area contributed by atoms with Crippen molar-refractivity contribution in [2.45, 2.75) is 50.6 Å². The van der Waals surface area contributed by atoms with Gasteiger partial charge in [-0.3, -0.25) is 14.6 Å². The number of benzene rings is 2. The van der Waals surface area contributed by atoms with Gasteiger partial charge in [-0.15, -0.1) is 0 Å². The van der Waals surface area contributed by atoms with E-state index in [9.17, 15) is 13.2 Å². The molecule has 0 radical (unpaired) electrons. The number of hydrogen-bond donors (Lipinski definition) is 1. The molecule has 8 rings (SSSR count). The third-order valence-corrected chi connectivity index (χ3v) is 11.1. The molecule has 1 N–H and O–H groups in total. The summed E-state index contributed by atoms with van der Waals surface area (Å²) < 4.78 is 39.0. The molecule has 3 aromatic rings. The van der Waals surface area contributed by atoms with Crippen LogP contribution in [0.3, 0.4) is 0 Å². The lowest BCUT2D eigenvalue weighted by Crippen LogP contribution is -2.54. The quantitative estimate of drug-likeness (QED) is 0.475. The van der Waals surface area contributed by atoms with E-state index in [1.54, 1.807) is 6.07 Å². The molecule has 5 heterocycles. The van der Waals surface area contributed by atoms with E-state index in [1.807, 2.05) is 18.2 Å². The molecule has 1 amide bonds. The molecule has 41 heavy (non-hydrogen) atoms. The molecule has 0 unspecified atom stereocenters. The van der Waals surface area contributed by atoms with Gasteiger partial charge in [-0.1, -0.05) is 37.5 Å². The van der Waals surface area contributed by atoms with E-state index in [0.717, 1.165) is 54.7 Å². The van der Waals surface area contributed by atoms with E-state index >= 15 is 0 Å². The Morgan fingerprint density at radius 1 is 0.927 bits per heavy atom. The minimum atomic E-state index is -3.93. The minimum absolute atomic E-state index is 0.129. The van der Waals surface area contributed by atoms with Crippen LogP contribution >= 0.6 is 0 Å². The fraction of sp³-hybridized carbons (Fsp3) is 0.516. The molecule has 2 aromatic carbocycles. The van der Waals surface area contributed by atoms with Crippen molar-refractivity contribution in [2.24, 2.45) is 0 Å². The summed E-state index contributed by atoms with van der Waals surface area (Å²) in [6, 6.07) is 14.2. The topological polar surface area (TPSA) is 87.1 Å². The van der Waals surface area contributed by atoms with Crippen molar-refractivity contribution in [3.05, 3.63) is 53.6 Å². The average Bonchev–Trinajstić information content (AvgIpc) is 3.29. The van der Waals surface area contributed by atoms with Crippen LogP contribution in [-0.4, -0.2) is 92.0 Å². The van der Waals surface area contributed by atoms with Gasteiger partial charge in [0.2, 0.25) is 0 Å². The van der Waals surface area contributed by atoms with Crippen LogP contribution in [0, 0.1) is 0 Å². The Morgan fingerprint density at radius 2 is 1.68 bits per heavy atom. The van der Waals surface area contributed by atoms with Gasteiger partial charge in [-0.2, -0.15) is 12.7 Å². The Kier molecular flexibility index (Phi) is 7.05. The molecule has 5 aliphatic rings. The molecule has 218 valence electrons. The van der Waals surface area contributed by atoms with Crippen molar-refractivity contribution >= 4 is 27.0 Å². The van der Waals surface area contributed by atoms with Gasteiger partial charge in [0.15, 0.2) is 0 Å². The molecule has 0 spiro atoms. The van der Waals surface area contributed by atoms with E-state index in [1.165, 1.54) is 34.8 Å². The highest BCUT2D eigenvalue weighted by Crippen LogP contribution is 2.47. The number of hydrogen-bond acceptors (Lipinski definition) is 6. The molecular formula is C31H39N5O4S. The number of nitrogens with zero attached hydrogens (tertiary/aromatic N) is 4. The van der Waals surface area contributed by atoms with Crippen molar-refractivity contribution in [1.82, 2.24) is 23.4 Å². The summed E-state index contributed by atoms with van der Waals surface area (Å²) in [5, 5.41) is 1.15. The molecule has 4 aliphatic heterocycles. The van der Waals surface area contributed by atoms with E-state index in [-0.39, 0.29) is 6.04 Å². The largest absolute Gasteiger partial charge is 0.491 e. The van der Waals surface area contributed by atoms with Crippen LogP contribution in [0.5, 0.6) is 5.75 Å². The molecule has 1 atom stereocenters. The molecule has 1 saturated heterocycles. The van der Waals surface area contributed by atoms with E-state index in [0.29, 0.717) is 44.3 Å². The number of aromatic nitrogens is 1.